The SMILES string of the molecule is COC(=O)c1ccc2[nH]c(=O)c3cc(CC(C#N)NC(=O)[C@H]4C[C@@H]5CC[C@H]4C5)ccc3c2c1. The van der Waals surface area contributed by atoms with E-state index in [0.29, 0.717) is 40.1 Å². The summed E-state index contributed by atoms with van der Waals surface area (Å²) in [6.45, 7) is 0. The predicted octanol–water partition coefficient (Wildman–Crippen LogP) is 3.45. The van der Waals surface area contributed by atoms with Crippen molar-refractivity contribution < 1.29 is 14.3 Å². The lowest BCUT2D eigenvalue weighted by Crippen LogP contribution is -2.41. The Morgan fingerprint density at radius 2 is 2.00 bits per heavy atom. The predicted molar refractivity (Wildman–Crippen MR) is 124 cm³/mol. The van der Waals surface area contributed by atoms with Crippen LogP contribution in [0.15, 0.2) is 41.2 Å². The summed E-state index contributed by atoms with van der Waals surface area (Å²) in [4.78, 5) is 40.3. The minimum absolute atomic E-state index is 0.0197. The van der Waals surface area contributed by atoms with Gasteiger partial charge in [0.2, 0.25) is 5.91 Å². The standard InChI is InChI=1S/C26H25N3O4/c1-33-26(32)17-5-7-23-21(12-17)19-6-3-15(11-22(19)25(31)29-23)9-18(13-27)28-24(30)20-10-14-2-4-16(20)8-14/h3,5-7,11-12,14,16,18,20H,2,4,8-10H2,1H3,(H,28,30)(H,29,31)/t14-,16+,18?,20+/m1/s1. The molecule has 1 amide bonds. The van der Waals surface area contributed by atoms with Crippen LogP contribution in [0.2, 0.25) is 0 Å². The number of benzene rings is 2. The number of hydrogen-bond acceptors (Lipinski definition) is 5. The van der Waals surface area contributed by atoms with Crippen molar-refractivity contribution in [3.63, 3.8) is 0 Å². The number of amides is 1. The fourth-order valence-corrected chi connectivity index (χ4v) is 5.66. The van der Waals surface area contributed by atoms with Crippen molar-refractivity contribution in [2.75, 3.05) is 7.11 Å². The minimum atomic E-state index is -0.653. The summed E-state index contributed by atoms with van der Waals surface area (Å²) >= 11 is 0. The quantitative estimate of drug-likeness (QED) is 0.463. The fourth-order valence-electron chi connectivity index (χ4n) is 5.66. The van der Waals surface area contributed by atoms with Crippen LogP contribution >= 0.6 is 0 Å². The van der Waals surface area contributed by atoms with E-state index in [1.807, 2.05) is 12.1 Å². The number of nitrogens with one attached hydrogen (secondary N) is 2. The number of esters is 1. The molecule has 0 radical (unpaired) electrons. The van der Waals surface area contributed by atoms with Gasteiger partial charge in [-0.3, -0.25) is 9.59 Å². The number of methoxy groups -OCH3 is 1. The van der Waals surface area contributed by atoms with Gasteiger partial charge in [-0.2, -0.15) is 5.26 Å². The molecule has 0 aliphatic heterocycles. The first kappa shape index (κ1) is 21.2. The number of aromatic nitrogens is 1. The molecule has 1 heterocycles. The lowest BCUT2D eigenvalue weighted by atomic mass is 9.88. The molecule has 2 aliphatic rings. The number of aromatic amines is 1. The van der Waals surface area contributed by atoms with Crippen molar-refractivity contribution in [2.45, 2.75) is 38.1 Å². The number of H-pyrrole nitrogens is 1. The average Bonchev–Trinajstić information content (AvgIpc) is 3.47. The molecule has 7 nitrogen and oxygen atoms in total. The van der Waals surface area contributed by atoms with Gasteiger partial charge in [0.1, 0.15) is 6.04 Å². The van der Waals surface area contributed by atoms with Gasteiger partial charge < -0.3 is 15.0 Å². The van der Waals surface area contributed by atoms with Gasteiger partial charge in [-0.1, -0.05) is 18.6 Å². The second kappa shape index (κ2) is 8.36. The van der Waals surface area contributed by atoms with Gasteiger partial charge in [-0.25, -0.2) is 4.79 Å². The molecule has 2 N–H and O–H groups in total. The maximum absolute atomic E-state index is 12.8. The first-order chi connectivity index (χ1) is 16.0. The lowest BCUT2D eigenvalue weighted by molar-refractivity contribution is -0.126. The average molecular weight is 444 g/mol. The third kappa shape index (κ3) is 3.86. The molecule has 2 aromatic carbocycles. The molecule has 1 aromatic heterocycles. The molecule has 33 heavy (non-hydrogen) atoms. The van der Waals surface area contributed by atoms with E-state index in [2.05, 4.69) is 16.4 Å². The van der Waals surface area contributed by atoms with Crippen LogP contribution in [0.1, 0.15) is 41.6 Å². The summed E-state index contributed by atoms with van der Waals surface area (Å²) in [6, 6.07) is 12.0. The molecule has 4 atom stereocenters. The van der Waals surface area contributed by atoms with Crippen LogP contribution in [0.3, 0.4) is 0 Å². The van der Waals surface area contributed by atoms with Crippen molar-refractivity contribution in [3.8, 4) is 6.07 Å². The Bertz CT molecular complexity index is 1370. The zero-order valence-corrected chi connectivity index (χ0v) is 18.4. The summed E-state index contributed by atoms with van der Waals surface area (Å²) in [7, 11) is 1.32. The van der Waals surface area contributed by atoms with Gasteiger partial charge in [-0.05, 0) is 66.3 Å². The second-order valence-corrected chi connectivity index (χ2v) is 9.26. The number of pyridine rings is 1. The van der Waals surface area contributed by atoms with Gasteiger partial charge in [0.25, 0.3) is 5.56 Å². The lowest BCUT2D eigenvalue weighted by Gasteiger charge is -2.22. The highest BCUT2D eigenvalue weighted by atomic mass is 16.5. The number of carbonyl (C=O) groups excluding carboxylic acids is 2. The van der Waals surface area contributed by atoms with Gasteiger partial charge >= 0.3 is 5.97 Å². The Balaban J connectivity index is 1.41. The molecule has 0 saturated heterocycles. The Kier molecular flexibility index (Phi) is 5.37. The number of carbonyl (C=O) groups is 2. The van der Waals surface area contributed by atoms with Crippen LogP contribution in [0.4, 0.5) is 0 Å². The fraction of sp³-hybridized carbons (Fsp3) is 0.385. The van der Waals surface area contributed by atoms with Crippen LogP contribution in [-0.2, 0) is 16.0 Å². The molecule has 168 valence electrons. The van der Waals surface area contributed by atoms with E-state index in [9.17, 15) is 19.6 Å². The van der Waals surface area contributed by atoms with Gasteiger partial charge in [0, 0.05) is 28.6 Å². The van der Waals surface area contributed by atoms with Crippen molar-refractivity contribution in [2.24, 2.45) is 17.8 Å². The number of rotatable bonds is 5. The number of nitrogens with zero attached hydrogens (tertiary/aromatic N) is 1. The zero-order valence-electron chi connectivity index (χ0n) is 18.4. The molecule has 5 rings (SSSR count). The van der Waals surface area contributed by atoms with E-state index in [1.165, 1.54) is 13.5 Å². The molecule has 0 spiro atoms. The number of fused-ring (bicyclic) bond motifs is 5. The van der Waals surface area contributed by atoms with Crippen LogP contribution in [0.5, 0.6) is 0 Å². The van der Waals surface area contributed by atoms with Gasteiger partial charge in [0.05, 0.1) is 18.7 Å². The summed E-state index contributed by atoms with van der Waals surface area (Å²) in [6.07, 6.45) is 4.71. The minimum Gasteiger partial charge on any atom is -0.465 e. The van der Waals surface area contributed by atoms with Crippen molar-refractivity contribution in [3.05, 3.63) is 57.9 Å². The molecule has 2 aliphatic carbocycles. The molecule has 2 bridgehead atoms. The Labute approximate surface area is 190 Å². The van der Waals surface area contributed by atoms with Crippen molar-refractivity contribution in [1.29, 1.82) is 5.26 Å². The van der Waals surface area contributed by atoms with E-state index in [1.54, 1.807) is 24.3 Å². The van der Waals surface area contributed by atoms with E-state index in [4.69, 9.17) is 4.74 Å². The second-order valence-electron chi connectivity index (χ2n) is 9.26. The molecule has 2 fully saturated rings. The molecule has 3 aromatic rings. The first-order valence-corrected chi connectivity index (χ1v) is 11.3. The zero-order chi connectivity index (χ0) is 23.1. The monoisotopic (exact) mass is 443 g/mol. The number of hydrogen-bond donors (Lipinski definition) is 2. The van der Waals surface area contributed by atoms with Crippen molar-refractivity contribution in [1.82, 2.24) is 10.3 Å². The Morgan fingerprint density at radius 3 is 2.70 bits per heavy atom. The van der Waals surface area contributed by atoms with Crippen molar-refractivity contribution >= 4 is 33.6 Å². The Morgan fingerprint density at radius 1 is 1.15 bits per heavy atom. The highest BCUT2D eigenvalue weighted by Crippen LogP contribution is 2.48. The maximum atomic E-state index is 12.8. The normalized spacial score (nSPS) is 22.2. The highest BCUT2D eigenvalue weighted by Gasteiger charge is 2.43. The molecular formula is C26H25N3O4. The molecule has 2 saturated carbocycles. The maximum Gasteiger partial charge on any atom is 0.337 e. The topological polar surface area (TPSA) is 112 Å². The summed E-state index contributed by atoms with van der Waals surface area (Å²) in [5.41, 5.74) is 1.57. The third-order valence-corrected chi connectivity index (χ3v) is 7.29. The third-order valence-electron chi connectivity index (χ3n) is 7.29. The first-order valence-electron chi connectivity index (χ1n) is 11.3. The molecular weight excluding hydrogens is 418 g/mol. The highest BCUT2D eigenvalue weighted by molar-refractivity contribution is 6.07. The van der Waals surface area contributed by atoms with E-state index in [0.717, 1.165) is 30.2 Å². The van der Waals surface area contributed by atoms with Gasteiger partial charge in [0.15, 0.2) is 0 Å². The number of nitriles is 1. The summed E-state index contributed by atoms with van der Waals surface area (Å²) in [5, 5.41) is 14.5. The summed E-state index contributed by atoms with van der Waals surface area (Å²) in [5.74, 6) is 0.670. The summed E-state index contributed by atoms with van der Waals surface area (Å²) < 4.78 is 4.80. The van der Waals surface area contributed by atoms with Crippen LogP contribution in [-0.4, -0.2) is 30.0 Å². The van der Waals surface area contributed by atoms with Crippen LogP contribution in [0, 0.1) is 29.1 Å². The number of ether oxygens (including phenoxy) is 1. The van der Waals surface area contributed by atoms with E-state index < -0.39 is 12.0 Å². The van der Waals surface area contributed by atoms with Crippen LogP contribution < -0.4 is 10.9 Å². The Hall–Kier alpha value is -3.66. The van der Waals surface area contributed by atoms with E-state index >= 15 is 0 Å². The largest absolute Gasteiger partial charge is 0.465 e. The van der Waals surface area contributed by atoms with E-state index in [-0.39, 0.29) is 17.4 Å². The van der Waals surface area contributed by atoms with Crippen LogP contribution in [0.25, 0.3) is 21.7 Å². The smallest absolute Gasteiger partial charge is 0.337 e. The molecule has 1 unspecified atom stereocenters. The molecule has 7 heteroatoms. The van der Waals surface area contributed by atoms with Gasteiger partial charge in [-0.15, -0.1) is 0 Å².